The lowest BCUT2D eigenvalue weighted by Crippen LogP contribution is -2.44. The first-order valence-electron chi connectivity index (χ1n) is 6.88. The molecule has 19 heavy (non-hydrogen) atoms. The van der Waals surface area contributed by atoms with Gasteiger partial charge in [0.2, 0.25) is 6.71 Å². The highest BCUT2D eigenvalue weighted by Gasteiger charge is 2.28. The van der Waals surface area contributed by atoms with Crippen molar-refractivity contribution in [2.75, 3.05) is 0 Å². The molecule has 0 amide bonds. The second-order valence-electron chi connectivity index (χ2n) is 5.72. The molecule has 0 unspecified atom stereocenters. The maximum Gasteiger partial charge on any atom is 0.216 e. The molecule has 0 saturated carbocycles. The quantitative estimate of drug-likeness (QED) is 0.652. The van der Waals surface area contributed by atoms with Crippen LogP contribution >= 0.6 is 0 Å². The summed E-state index contributed by atoms with van der Waals surface area (Å²) >= 11 is 0. The second-order valence-corrected chi connectivity index (χ2v) is 5.72. The SMILES string of the molecule is CB1c2cc(C)c(C)cc2Oc2c1ccc(C)c2C. The van der Waals surface area contributed by atoms with Crippen molar-refractivity contribution in [3.8, 4) is 11.5 Å². The van der Waals surface area contributed by atoms with E-state index in [4.69, 9.17) is 4.74 Å². The van der Waals surface area contributed by atoms with Crippen LogP contribution in [0.2, 0.25) is 6.82 Å². The van der Waals surface area contributed by atoms with Gasteiger partial charge in [-0.1, -0.05) is 25.0 Å². The van der Waals surface area contributed by atoms with Crippen molar-refractivity contribution in [3.05, 3.63) is 46.5 Å². The fourth-order valence-electron chi connectivity index (χ4n) is 2.80. The molecule has 96 valence electrons. The summed E-state index contributed by atoms with van der Waals surface area (Å²) < 4.78 is 6.20. The lowest BCUT2D eigenvalue weighted by molar-refractivity contribution is 0.482. The lowest BCUT2D eigenvalue weighted by Gasteiger charge is -2.27. The first kappa shape index (κ1) is 12.3. The van der Waals surface area contributed by atoms with Crippen molar-refractivity contribution in [2.45, 2.75) is 34.5 Å². The average molecular weight is 250 g/mol. The Hall–Kier alpha value is -1.70. The second kappa shape index (κ2) is 4.16. The van der Waals surface area contributed by atoms with Crippen LogP contribution in [0.4, 0.5) is 0 Å². The van der Waals surface area contributed by atoms with Crippen LogP contribution < -0.4 is 15.7 Å². The zero-order valence-corrected chi connectivity index (χ0v) is 12.3. The topological polar surface area (TPSA) is 9.23 Å². The van der Waals surface area contributed by atoms with E-state index >= 15 is 0 Å². The van der Waals surface area contributed by atoms with Gasteiger partial charge in [0.1, 0.15) is 11.5 Å². The molecule has 0 saturated heterocycles. The third kappa shape index (κ3) is 1.78. The van der Waals surface area contributed by atoms with Crippen molar-refractivity contribution in [2.24, 2.45) is 0 Å². The zero-order chi connectivity index (χ0) is 13.7. The van der Waals surface area contributed by atoms with Gasteiger partial charge in [0, 0.05) is 0 Å². The number of fused-ring (bicyclic) bond motifs is 2. The molecule has 1 aliphatic heterocycles. The molecule has 1 heterocycles. The van der Waals surface area contributed by atoms with Crippen LogP contribution in [-0.2, 0) is 0 Å². The minimum absolute atomic E-state index is 0.400. The predicted octanol–water partition coefficient (Wildman–Crippen LogP) is 3.26. The zero-order valence-electron chi connectivity index (χ0n) is 12.3. The molecule has 1 nitrogen and oxygen atoms in total. The molecule has 0 fully saturated rings. The average Bonchev–Trinajstić information content (AvgIpc) is 2.37. The fourth-order valence-corrected chi connectivity index (χ4v) is 2.80. The normalized spacial score (nSPS) is 12.8. The highest BCUT2D eigenvalue weighted by molar-refractivity contribution is 6.85. The Balaban J connectivity index is 2.22. The summed E-state index contributed by atoms with van der Waals surface area (Å²) in [5.41, 5.74) is 7.78. The molecular formula is C17H19BO. The molecule has 0 radical (unpaired) electrons. The number of aryl methyl sites for hydroxylation is 3. The van der Waals surface area contributed by atoms with Crippen LogP contribution in [0.3, 0.4) is 0 Å². The van der Waals surface area contributed by atoms with Crippen LogP contribution in [0.25, 0.3) is 0 Å². The summed E-state index contributed by atoms with van der Waals surface area (Å²) in [4.78, 5) is 0. The van der Waals surface area contributed by atoms with Gasteiger partial charge >= 0.3 is 0 Å². The maximum absolute atomic E-state index is 6.20. The molecule has 0 aliphatic carbocycles. The molecule has 0 bridgehead atoms. The predicted molar refractivity (Wildman–Crippen MR) is 82.8 cm³/mol. The highest BCUT2D eigenvalue weighted by Crippen LogP contribution is 2.30. The summed E-state index contributed by atoms with van der Waals surface area (Å²) in [5, 5.41) is 0. The summed E-state index contributed by atoms with van der Waals surface area (Å²) in [7, 11) is 0. The Kier molecular flexibility index (Phi) is 2.70. The number of hydrogen-bond acceptors (Lipinski definition) is 1. The van der Waals surface area contributed by atoms with Crippen molar-refractivity contribution < 1.29 is 4.74 Å². The van der Waals surface area contributed by atoms with E-state index in [1.807, 2.05) is 0 Å². The molecule has 0 aromatic heterocycles. The van der Waals surface area contributed by atoms with Crippen LogP contribution in [0.15, 0.2) is 24.3 Å². The monoisotopic (exact) mass is 250 g/mol. The van der Waals surface area contributed by atoms with Gasteiger partial charge in [-0.3, -0.25) is 0 Å². The van der Waals surface area contributed by atoms with Crippen LogP contribution in [0.5, 0.6) is 11.5 Å². The number of ether oxygens (including phenoxy) is 1. The Labute approximate surface area is 115 Å². The van der Waals surface area contributed by atoms with Gasteiger partial charge in [-0.2, -0.15) is 0 Å². The maximum atomic E-state index is 6.20. The van der Waals surface area contributed by atoms with Gasteiger partial charge in [-0.05, 0) is 66.9 Å². The van der Waals surface area contributed by atoms with Crippen molar-refractivity contribution >= 4 is 17.6 Å². The molecule has 2 aromatic carbocycles. The standard InChI is InChI=1S/C17H19BO/c1-10-6-7-14-17(13(10)4)19-16-9-12(3)11(2)8-15(16)18(14)5/h6-9H,1-5H3. The van der Waals surface area contributed by atoms with E-state index in [0.29, 0.717) is 6.71 Å². The minimum atomic E-state index is 0.400. The largest absolute Gasteiger partial charge is 0.458 e. The smallest absolute Gasteiger partial charge is 0.216 e. The number of hydrogen-bond donors (Lipinski definition) is 0. The van der Waals surface area contributed by atoms with Gasteiger partial charge in [-0.25, -0.2) is 0 Å². The summed E-state index contributed by atoms with van der Waals surface area (Å²) in [5.74, 6) is 2.08. The van der Waals surface area contributed by atoms with Crippen molar-refractivity contribution in [1.82, 2.24) is 0 Å². The molecule has 3 rings (SSSR count). The van der Waals surface area contributed by atoms with Gasteiger partial charge in [-0.15, -0.1) is 0 Å². The number of rotatable bonds is 0. The van der Waals surface area contributed by atoms with Crippen LogP contribution in [0, 0.1) is 27.7 Å². The van der Waals surface area contributed by atoms with Crippen molar-refractivity contribution in [1.29, 1.82) is 0 Å². The third-order valence-electron chi connectivity index (χ3n) is 4.48. The van der Waals surface area contributed by atoms with E-state index < -0.39 is 0 Å². The van der Waals surface area contributed by atoms with Crippen LogP contribution in [0.1, 0.15) is 22.3 Å². The van der Waals surface area contributed by atoms with Crippen molar-refractivity contribution in [3.63, 3.8) is 0 Å². The summed E-state index contributed by atoms with van der Waals surface area (Å²) in [6, 6.07) is 8.85. The molecule has 2 heteroatoms. The first-order valence-corrected chi connectivity index (χ1v) is 6.88. The van der Waals surface area contributed by atoms with Gasteiger partial charge in [0.05, 0.1) is 0 Å². The minimum Gasteiger partial charge on any atom is -0.458 e. The van der Waals surface area contributed by atoms with Gasteiger partial charge in [0.25, 0.3) is 0 Å². The van der Waals surface area contributed by atoms with E-state index in [1.165, 1.54) is 33.2 Å². The highest BCUT2D eigenvalue weighted by atomic mass is 16.5. The third-order valence-corrected chi connectivity index (χ3v) is 4.48. The van der Waals surface area contributed by atoms with Gasteiger partial charge in [0.15, 0.2) is 0 Å². The summed E-state index contributed by atoms with van der Waals surface area (Å²) in [6.07, 6.45) is 0. The molecular weight excluding hydrogens is 231 g/mol. The van der Waals surface area contributed by atoms with Gasteiger partial charge < -0.3 is 4.74 Å². The Morgan fingerprint density at radius 1 is 0.842 bits per heavy atom. The van der Waals surface area contributed by atoms with E-state index in [0.717, 1.165) is 11.5 Å². The molecule has 1 aliphatic rings. The van der Waals surface area contributed by atoms with Crippen LogP contribution in [-0.4, -0.2) is 6.71 Å². The first-order chi connectivity index (χ1) is 8.99. The summed E-state index contributed by atoms with van der Waals surface area (Å²) in [6.45, 7) is 11.3. The van der Waals surface area contributed by atoms with E-state index in [2.05, 4.69) is 58.8 Å². The molecule has 0 N–H and O–H groups in total. The van der Waals surface area contributed by atoms with E-state index in [-0.39, 0.29) is 0 Å². The molecule has 2 aromatic rings. The number of benzene rings is 2. The molecule has 0 spiro atoms. The van der Waals surface area contributed by atoms with E-state index in [1.54, 1.807) is 0 Å². The lowest BCUT2D eigenvalue weighted by atomic mass is 9.41. The Bertz CT molecular complexity index is 671. The Morgan fingerprint density at radius 3 is 2.26 bits per heavy atom. The van der Waals surface area contributed by atoms with E-state index in [9.17, 15) is 0 Å². The molecule has 0 atom stereocenters. The fraction of sp³-hybridized carbons (Fsp3) is 0.294. The Morgan fingerprint density at radius 2 is 1.53 bits per heavy atom.